The lowest BCUT2D eigenvalue weighted by molar-refractivity contribution is -0.0199. The predicted molar refractivity (Wildman–Crippen MR) is 124 cm³/mol. The first-order valence-electron chi connectivity index (χ1n) is 11.4. The van der Waals surface area contributed by atoms with Crippen molar-refractivity contribution in [3.8, 4) is 11.5 Å². The van der Waals surface area contributed by atoms with E-state index in [4.69, 9.17) is 14.2 Å². The molecule has 2 aromatic rings. The summed E-state index contributed by atoms with van der Waals surface area (Å²) < 4.78 is 17.3. The number of carbonyl (C=O) groups is 1. The lowest BCUT2D eigenvalue weighted by atomic mass is 9.87. The highest BCUT2D eigenvalue weighted by atomic mass is 16.5. The third kappa shape index (κ3) is 5.69. The molecule has 2 N–H and O–H groups in total. The van der Waals surface area contributed by atoms with E-state index in [-0.39, 0.29) is 17.8 Å². The fourth-order valence-corrected chi connectivity index (χ4v) is 4.61. The number of ether oxygens (including phenoxy) is 3. The Bertz CT molecular complexity index is 935. The number of hydrogen-bond acceptors (Lipinski definition) is 6. The maximum Gasteiger partial charge on any atom is 0.407 e. The van der Waals surface area contributed by atoms with Gasteiger partial charge in [-0.2, -0.15) is 0 Å². The van der Waals surface area contributed by atoms with Crippen molar-refractivity contribution in [3.63, 3.8) is 0 Å². The SMILES string of the molecule is COCCCN1CCOc2ccc(COC3CN(C(=O)O)CCC3c3ccc(O)cc3)cc21. The van der Waals surface area contributed by atoms with Gasteiger partial charge < -0.3 is 34.2 Å². The third-order valence-electron chi connectivity index (χ3n) is 6.37. The number of piperidine rings is 1. The molecule has 0 spiro atoms. The van der Waals surface area contributed by atoms with E-state index in [0.29, 0.717) is 32.7 Å². The predicted octanol–water partition coefficient (Wildman–Crippen LogP) is 3.68. The maximum absolute atomic E-state index is 11.6. The Labute approximate surface area is 194 Å². The zero-order chi connectivity index (χ0) is 23.2. The van der Waals surface area contributed by atoms with Gasteiger partial charge in [0.15, 0.2) is 0 Å². The number of nitrogens with zero attached hydrogens (tertiary/aromatic N) is 2. The van der Waals surface area contributed by atoms with Gasteiger partial charge in [-0.25, -0.2) is 4.79 Å². The van der Waals surface area contributed by atoms with Gasteiger partial charge in [0.05, 0.1) is 31.5 Å². The summed E-state index contributed by atoms with van der Waals surface area (Å²) >= 11 is 0. The van der Waals surface area contributed by atoms with Crippen LogP contribution < -0.4 is 9.64 Å². The molecule has 2 atom stereocenters. The number of aromatic hydroxyl groups is 1. The molecule has 1 amide bonds. The molecule has 33 heavy (non-hydrogen) atoms. The number of carboxylic acid groups (broad SMARTS) is 1. The van der Waals surface area contributed by atoms with Crippen molar-refractivity contribution >= 4 is 11.8 Å². The molecule has 2 aromatic carbocycles. The Morgan fingerprint density at radius 1 is 1.18 bits per heavy atom. The van der Waals surface area contributed by atoms with Gasteiger partial charge in [-0.05, 0) is 48.2 Å². The van der Waals surface area contributed by atoms with Crippen LogP contribution in [0.2, 0.25) is 0 Å². The van der Waals surface area contributed by atoms with E-state index in [1.165, 1.54) is 4.90 Å². The third-order valence-corrected chi connectivity index (χ3v) is 6.37. The summed E-state index contributed by atoms with van der Waals surface area (Å²) in [6.45, 7) is 4.28. The molecule has 1 saturated heterocycles. The van der Waals surface area contributed by atoms with Crippen LogP contribution in [-0.4, -0.2) is 73.8 Å². The van der Waals surface area contributed by atoms with Crippen LogP contribution in [0.15, 0.2) is 42.5 Å². The van der Waals surface area contributed by atoms with E-state index in [9.17, 15) is 15.0 Å². The highest BCUT2D eigenvalue weighted by Crippen LogP contribution is 2.35. The quantitative estimate of drug-likeness (QED) is 0.586. The Morgan fingerprint density at radius 2 is 2.00 bits per heavy atom. The lowest BCUT2D eigenvalue weighted by Gasteiger charge is -2.37. The van der Waals surface area contributed by atoms with Gasteiger partial charge in [0.1, 0.15) is 18.1 Å². The Kier molecular flexibility index (Phi) is 7.57. The smallest absolute Gasteiger partial charge is 0.407 e. The number of benzene rings is 2. The molecule has 2 aliphatic heterocycles. The van der Waals surface area contributed by atoms with Crippen molar-refractivity contribution in [3.05, 3.63) is 53.6 Å². The first-order chi connectivity index (χ1) is 16.0. The number of methoxy groups -OCH3 is 1. The van der Waals surface area contributed by atoms with Gasteiger partial charge in [0, 0.05) is 32.7 Å². The van der Waals surface area contributed by atoms with E-state index in [0.717, 1.165) is 48.7 Å². The van der Waals surface area contributed by atoms with E-state index in [1.54, 1.807) is 19.2 Å². The summed E-state index contributed by atoms with van der Waals surface area (Å²) in [5, 5.41) is 19.1. The Morgan fingerprint density at radius 3 is 2.76 bits per heavy atom. The average Bonchev–Trinajstić information content (AvgIpc) is 2.83. The van der Waals surface area contributed by atoms with Crippen LogP contribution >= 0.6 is 0 Å². The molecule has 178 valence electrons. The van der Waals surface area contributed by atoms with E-state index in [2.05, 4.69) is 11.0 Å². The molecule has 0 aromatic heterocycles. The van der Waals surface area contributed by atoms with Crippen LogP contribution in [0.3, 0.4) is 0 Å². The topological polar surface area (TPSA) is 91.7 Å². The van der Waals surface area contributed by atoms with Gasteiger partial charge in [-0.15, -0.1) is 0 Å². The largest absolute Gasteiger partial charge is 0.508 e. The van der Waals surface area contributed by atoms with Crippen LogP contribution in [0, 0.1) is 0 Å². The first kappa shape index (κ1) is 23.2. The average molecular weight is 457 g/mol. The molecular formula is C25H32N2O6. The molecule has 0 bridgehead atoms. The summed E-state index contributed by atoms with van der Waals surface area (Å²) in [7, 11) is 1.71. The zero-order valence-corrected chi connectivity index (χ0v) is 19.0. The highest BCUT2D eigenvalue weighted by molar-refractivity contribution is 5.65. The van der Waals surface area contributed by atoms with Crippen molar-refractivity contribution < 1.29 is 29.2 Å². The summed E-state index contributed by atoms with van der Waals surface area (Å²) in [6.07, 6.45) is 0.417. The van der Waals surface area contributed by atoms with Crippen molar-refractivity contribution in [1.82, 2.24) is 4.90 Å². The molecular weight excluding hydrogens is 424 g/mol. The van der Waals surface area contributed by atoms with Crippen LogP contribution in [0.5, 0.6) is 11.5 Å². The van der Waals surface area contributed by atoms with Gasteiger partial charge in [0.25, 0.3) is 0 Å². The molecule has 0 saturated carbocycles. The number of hydrogen-bond donors (Lipinski definition) is 2. The maximum atomic E-state index is 11.6. The standard InChI is InChI=1S/C25H32N2O6/c1-31-13-2-10-26-12-14-32-23-8-3-18(15-22(23)26)17-33-24-16-27(25(29)30)11-9-21(24)19-4-6-20(28)7-5-19/h3-8,15,21,24,28H,2,9-14,16-17H2,1H3,(H,29,30). The number of phenols is 1. The minimum absolute atomic E-state index is 0.0627. The fourth-order valence-electron chi connectivity index (χ4n) is 4.61. The molecule has 2 aliphatic rings. The van der Waals surface area contributed by atoms with E-state index < -0.39 is 6.09 Å². The molecule has 0 radical (unpaired) electrons. The first-order valence-corrected chi connectivity index (χ1v) is 11.4. The van der Waals surface area contributed by atoms with Gasteiger partial charge in [0.2, 0.25) is 0 Å². The van der Waals surface area contributed by atoms with Crippen molar-refractivity contribution in [2.24, 2.45) is 0 Å². The zero-order valence-electron chi connectivity index (χ0n) is 19.0. The second kappa shape index (κ2) is 10.8. The normalized spacial score (nSPS) is 20.3. The number of anilines is 1. The summed E-state index contributed by atoms with van der Waals surface area (Å²) in [5.41, 5.74) is 3.13. The minimum atomic E-state index is -0.926. The summed E-state index contributed by atoms with van der Waals surface area (Å²) in [5.74, 6) is 1.15. The van der Waals surface area contributed by atoms with Crippen molar-refractivity contribution in [2.75, 3.05) is 51.4 Å². The fraction of sp³-hybridized carbons (Fsp3) is 0.480. The van der Waals surface area contributed by atoms with E-state index >= 15 is 0 Å². The molecule has 2 heterocycles. The van der Waals surface area contributed by atoms with Crippen LogP contribution in [0.1, 0.15) is 29.9 Å². The van der Waals surface area contributed by atoms with Crippen LogP contribution in [0.4, 0.5) is 10.5 Å². The number of amides is 1. The van der Waals surface area contributed by atoms with Gasteiger partial charge in [-0.3, -0.25) is 0 Å². The molecule has 0 aliphatic carbocycles. The number of fused-ring (bicyclic) bond motifs is 1. The molecule has 1 fully saturated rings. The van der Waals surface area contributed by atoms with Gasteiger partial charge >= 0.3 is 6.09 Å². The molecule has 8 nitrogen and oxygen atoms in total. The van der Waals surface area contributed by atoms with Crippen LogP contribution in [0.25, 0.3) is 0 Å². The monoisotopic (exact) mass is 456 g/mol. The number of phenolic OH excluding ortho intramolecular Hbond substituents is 1. The molecule has 4 rings (SSSR count). The van der Waals surface area contributed by atoms with E-state index in [1.807, 2.05) is 24.3 Å². The molecule has 2 unspecified atom stereocenters. The Hall–Kier alpha value is -2.97. The van der Waals surface area contributed by atoms with Crippen molar-refractivity contribution in [1.29, 1.82) is 0 Å². The van der Waals surface area contributed by atoms with Crippen LogP contribution in [-0.2, 0) is 16.1 Å². The summed E-state index contributed by atoms with van der Waals surface area (Å²) in [6, 6.07) is 13.2. The second-order valence-corrected chi connectivity index (χ2v) is 8.55. The Balaban J connectivity index is 1.47. The molecule has 8 heteroatoms. The lowest BCUT2D eigenvalue weighted by Crippen LogP contribution is -2.46. The highest BCUT2D eigenvalue weighted by Gasteiger charge is 2.33. The number of likely N-dealkylation sites (tertiary alicyclic amines) is 1. The summed E-state index contributed by atoms with van der Waals surface area (Å²) in [4.78, 5) is 15.3. The minimum Gasteiger partial charge on any atom is -0.508 e. The second-order valence-electron chi connectivity index (χ2n) is 8.55. The van der Waals surface area contributed by atoms with Crippen molar-refractivity contribution in [2.45, 2.75) is 31.5 Å². The van der Waals surface area contributed by atoms with Gasteiger partial charge in [-0.1, -0.05) is 18.2 Å². The number of rotatable bonds is 8.